The van der Waals surface area contributed by atoms with E-state index < -0.39 is 11.4 Å². The molecule has 3 nitrogen and oxygen atoms in total. The highest BCUT2D eigenvalue weighted by atomic mass is 16.5. The van der Waals surface area contributed by atoms with Crippen LogP contribution in [0.1, 0.15) is 19.4 Å². The fraction of sp³-hybridized carbons (Fsp3) is 0.235. The van der Waals surface area contributed by atoms with E-state index in [1.165, 1.54) is 0 Å². The van der Waals surface area contributed by atoms with Gasteiger partial charge in [-0.1, -0.05) is 36.4 Å². The summed E-state index contributed by atoms with van der Waals surface area (Å²) < 4.78 is 5.23. The van der Waals surface area contributed by atoms with Crippen molar-refractivity contribution in [2.75, 3.05) is 7.11 Å². The Morgan fingerprint density at radius 3 is 2.45 bits per heavy atom. The van der Waals surface area contributed by atoms with E-state index in [0.29, 0.717) is 0 Å². The Morgan fingerprint density at radius 1 is 1.10 bits per heavy atom. The van der Waals surface area contributed by atoms with Crippen molar-refractivity contribution in [2.24, 2.45) is 0 Å². The summed E-state index contributed by atoms with van der Waals surface area (Å²) in [6.07, 6.45) is 0. The third-order valence-corrected chi connectivity index (χ3v) is 3.52. The van der Waals surface area contributed by atoms with Crippen LogP contribution in [-0.2, 0) is 10.2 Å². The van der Waals surface area contributed by atoms with Crippen LogP contribution >= 0.6 is 0 Å². The summed E-state index contributed by atoms with van der Waals surface area (Å²) in [5, 5.41) is 9.44. The lowest BCUT2D eigenvalue weighted by Gasteiger charge is -2.23. The zero-order valence-corrected chi connectivity index (χ0v) is 11.9. The zero-order valence-electron chi connectivity index (χ0n) is 11.9. The minimum Gasteiger partial charge on any atom is -0.497 e. The van der Waals surface area contributed by atoms with Gasteiger partial charge in [-0.05, 0) is 42.7 Å². The second-order valence-corrected chi connectivity index (χ2v) is 5.21. The van der Waals surface area contributed by atoms with E-state index in [-0.39, 0.29) is 0 Å². The topological polar surface area (TPSA) is 46.5 Å². The van der Waals surface area contributed by atoms with Crippen LogP contribution in [0.2, 0.25) is 0 Å². The molecule has 3 heteroatoms. The normalized spacial score (nSPS) is 11.2. The van der Waals surface area contributed by atoms with Crippen LogP contribution in [0.25, 0.3) is 11.1 Å². The average Bonchev–Trinajstić information content (AvgIpc) is 2.47. The van der Waals surface area contributed by atoms with E-state index in [0.717, 1.165) is 22.4 Å². The first-order chi connectivity index (χ1) is 9.46. The van der Waals surface area contributed by atoms with Crippen molar-refractivity contribution >= 4 is 5.97 Å². The highest BCUT2D eigenvalue weighted by molar-refractivity contribution is 5.84. The second-order valence-electron chi connectivity index (χ2n) is 5.21. The summed E-state index contributed by atoms with van der Waals surface area (Å²) in [5.74, 6) is -0.0849. The van der Waals surface area contributed by atoms with Gasteiger partial charge in [-0.2, -0.15) is 0 Å². The number of benzene rings is 2. The standard InChI is InChI=1S/C17H18O3/c1-17(2,16(18)19)15-10-5-4-9-14(15)12-7-6-8-13(11-12)20-3/h4-11H,1-3H3,(H,18,19). The zero-order chi connectivity index (χ0) is 14.8. The lowest BCUT2D eigenvalue weighted by molar-refractivity contribution is -0.142. The minimum atomic E-state index is -0.945. The van der Waals surface area contributed by atoms with Crippen molar-refractivity contribution in [1.29, 1.82) is 0 Å². The molecule has 0 aromatic heterocycles. The van der Waals surface area contributed by atoms with Crippen molar-refractivity contribution in [3.63, 3.8) is 0 Å². The Bertz CT molecular complexity index is 630. The Morgan fingerprint density at radius 2 is 1.80 bits per heavy atom. The van der Waals surface area contributed by atoms with E-state index >= 15 is 0 Å². The van der Waals surface area contributed by atoms with Crippen LogP contribution in [0.3, 0.4) is 0 Å². The molecule has 0 spiro atoms. The Hall–Kier alpha value is -2.29. The minimum absolute atomic E-state index is 0.755. The number of ether oxygens (including phenoxy) is 1. The van der Waals surface area contributed by atoms with Crippen molar-refractivity contribution in [3.05, 3.63) is 54.1 Å². The third-order valence-electron chi connectivity index (χ3n) is 3.52. The third kappa shape index (κ3) is 2.52. The summed E-state index contributed by atoms with van der Waals surface area (Å²) >= 11 is 0. The van der Waals surface area contributed by atoms with E-state index in [2.05, 4.69) is 0 Å². The van der Waals surface area contributed by atoms with E-state index in [1.54, 1.807) is 21.0 Å². The first-order valence-electron chi connectivity index (χ1n) is 6.44. The van der Waals surface area contributed by atoms with Gasteiger partial charge in [-0.3, -0.25) is 4.79 Å². The van der Waals surface area contributed by atoms with Crippen molar-refractivity contribution < 1.29 is 14.6 Å². The molecule has 20 heavy (non-hydrogen) atoms. The number of carboxylic acid groups (broad SMARTS) is 1. The number of aliphatic carboxylic acids is 1. The largest absolute Gasteiger partial charge is 0.497 e. The molecule has 0 bridgehead atoms. The van der Waals surface area contributed by atoms with Gasteiger partial charge >= 0.3 is 5.97 Å². The molecule has 0 aliphatic heterocycles. The maximum Gasteiger partial charge on any atom is 0.313 e. The van der Waals surface area contributed by atoms with Crippen molar-refractivity contribution in [1.82, 2.24) is 0 Å². The number of methoxy groups -OCH3 is 1. The molecule has 0 aliphatic carbocycles. The molecule has 2 aromatic carbocycles. The maximum atomic E-state index is 11.5. The lowest BCUT2D eigenvalue weighted by Crippen LogP contribution is -2.29. The monoisotopic (exact) mass is 270 g/mol. The molecular formula is C17H18O3. The van der Waals surface area contributed by atoms with Gasteiger partial charge < -0.3 is 9.84 Å². The lowest BCUT2D eigenvalue weighted by atomic mass is 9.80. The van der Waals surface area contributed by atoms with E-state index in [4.69, 9.17) is 4.74 Å². The Kier molecular flexibility index (Phi) is 3.79. The van der Waals surface area contributed by atoms with Crippen molar-refractivity contribution in [2.45, 2.75) is 19.3 Å². The SMILES string of the molecule is COc1cccc(-c2ccccc2C(C)(C)C(=O)O)c1. The van der Waals surface area contributed by atoms with Gasteiger partial charge in [-0.25, -0.2) is 0 Å². The highest BCUT2D eigenvalue weighted by Gasteiger charge is 2.31. The van der Waals surface area contributed by atoms with Crippen LogP contribution < -0.4 is 4.74 Å². The Balaban J connectivity index is 2.60. The molecule has 0 heterocycles. The molecule has 0 unspecified atom stereocenters. The molecular weight excluding hydrogens is 252 g/mol. The van der Waals surface area contributed by atoms with Crippen molar-refractivity contribution in [3.8, 4) is 16.9 Å². The number of rotatable bonds is 4. The summed E-state index contributed by atoms with van der Waals surface area (Å²) in [4.78, 5) is 11.5. The predicted molar refractivity (Wildman–Crippen MR) is 79.1 cm³/mol. The number of carbonyl (C=O) groups is 1. The predicted octanol–water partition coefficient (Wildman–Crippen LogP) is 3.72. The molecule has 0 fully saturated rings. The van der Waals surface area contributed by atoms with Gasteiger partial charge in [0.15, 0.2) is 0 Å². The van der Waals surface area contributed by atoms with E-state index in [1.807, 2.05) is 48.5 Å². The summed E-state index contributed by atoms with van der Waals surface area (Å²) in [7, 11) is 1.62. The number of hydrogen-bond donors (Lipinski definition) is 1. The fourth-order valence-corrected chi connectivity index (χ4v) is 2.19. The quantitative estimate of drug-likeness (QED) is 0.921. The van der Waals surface area contributed by atoms with Crippen LogP contribution in [0.4, 0.5) is 0 Å². The van der Waals surface area contributed by atoms with Gasteiger partial charge in [0.25, 0.3) is 0 Å². The molecule has 0 radical (unpaired) electrons. The molecule has 0 amide bonds. The van der Waals surface area contributed by atoms with Gasteiger partial charge in [0.05, 0.1) is 12.5 Å². The fourth-order valence-electron chi connectivity index (χ4n) is 2.19. The summed E-state index contributed by atoms with van der Waals surface area (Å²) in [6, 6.07) is 15.2. The highest BCUT2D eigenvalue weighted by Crippen LogP contribution is 2.34. The molecule has 2 aromatic rings. The molecule has 0 atom stereocenters. The molecule has 1 N–H and O–H groups in total. The average molecular weight is 270 g/mol. The molecule has 2 rings (SSSR count). The molecule has 0 saturated carbocycles. The van der Waals surface area contributed by atoms with Gasteiger partial charge in [0, 0.05) is 0 Å². The van der Waals surface area contributed by atoms with Gasteiger partial charge in [-0.15, -0.1) is 0 Å². The smallest absolute Gasteiger partial charge is 0.313 e. The maximum absolute atomic E-state index is 11.5. The summed E-state index contributed by atoms with van der Waals surface area (Å²) in [6.45, 7) is 3.43. The first-order valence-corrected chi connectivity index (χ1v) is 6.44. The van der Waals surface area contributed by atoms with Gasteiger partial charge in [0.2, 0.25) is 0 Å². The van der Waals surface area contributed by atoms with E-state index in [9.17, 15) is 9.90 Å². The second kappa shape index (κ2) is 5.37. The van der Waals surface area contributed by atoms with Crippen LogP contribution in [-0.4, -0.2) is 18.2 Å². The molecule has 0 saturated heterocycles. The summed E-state index contributed by atoms with van der Waals surface area (Å²) in [5.41, 5.74) is 1.72. The number of carboxylic acids is 1. The Labute approximate surface area is 118 Å². The molecule has 104 valence electrons. The van der Waals surface area contributed by atoms with Crippen LogP contribution in [0.5, 0.6) is 5.75 Å². The first kappa shape index (κ1) is 14.1. The number of hydrogen-bond acceptors (Lipinski definition) is 2. The van der Waals surface area contributed by atoms with Gasteiger partial charge in [0.1, 0.15) is 5.75 Å². The molecule has 0 aliphatic rings. The van der Waals surface area contributed by atoms with Crippen LogP contribution in [0, 0.1) is 0 Å². The van der Waals surface area contributed by atoms with Crippen LogP contribution in [0.15, 0.2) is 48.5 Å².